The third-order valence-electron chi connectivity index (χ3n) is 3.03. The highest BCUT2D eigenvalue weighted by molar-refractivity contribution is 5.93. The minimum atomic E-state index is -0.161. The van der Waals surface area contributed by atoms with Crippen molar-refractivity contribution in [3.63, 3.8) is 0 Å². The van der Waals surface area contributed by atoms with E-state index < -0.39 is 0 Å². The average molecular weight is 221 g/mol. The Balaban J connectivity index is 1.97. The van der Waals surface area contributed by atoms with Crippen LogP contribution >= 0.6 is 0 Å². The molecule has 1 aliphatic rings. The van der Waals surface area contributed by atoms with Crippen molar-refractivity contribution in [2.75, 3.05) is 6.61 Å². The van der Waals surface area contributed by atoms with Crippen molar-refractivity contribution >= 4 is 5.91 Å². The predicted molar refractivity (Wildman–Crippen MR) is 57.7 cm³/mol. The number of aromatic nitrogens is 2. The minimum Gasteiger partial charge on any atom is -0.396 e. The van der Waals surface area contributed by atoms with Gasteiger partial charge in [0.1, 0.15) is 6.33 Å². The van der Waals surface area contributed by atoms with Crippen LogP contribution in [-0.2, 0) is 0 Å². The SMILES string of the molecule is O=C(NC1CCCC1CO)c1cncnc1. The lowest BCUT2D eigenvalue weighted by Crippen LogP contribution is -2.38. The standard InChI is InChI=1S/C11H15N3O2/c15-6-8-2-1-3-10(8)14-11(16)9-4-12-7-13-5-9/h4-5,7-8,10,15H,1-3,6H2,(H,14,16). The molecular formula is C11H15N3O2. The van der Waals surface area contributed by atoms with Gasteiger partial charge in [-0.05, 0) is 12.8 Å². The van der Waals surface area contributed by atoms with Crippen molar-refractivity contribution in [3.8, 4) is 0 Å². The summed E-state index contributed by atoms with van der Waals surface area (Å²) in [7, 11) is 0. The Bertz CT molecular complexity index is 356. The molecule has 1 fully saturated rings. The summed E-state index contributed by atoms with van der Waals surface area (Å²) in [6.07, 6.45) is 7.35. The van der Waals surface area contributed by atoms with Crippen molar-refractivity contribution < 1.29 is 9.90 Å². The molecule has 1 heterocycles. The van der Waals surface area contributed by atoms with Crippen LogP contribution in [0.3, 0.4) is 0 Å². The lowest BCUT2D eigenvalue weighted by Gasteiger charge is -2.18. The molecule has 2 rings (SSSR count). The molecule has 16 heavy (non-hydrogen) atoms. The van der Waals surface area contributed by atoms with Gasteiger partial charge in [0, 0.05) is 31.0 Å². The third kappa shape index (κ3) is 2.36. The van der Waals surface area contributed by atoms with Gasteiger partial charge in [-0.3, -0.25) is 4.79 Å². The van der Waals surface area contributed by atoms with Crippen molar-refractivity contribution in [1.29, 1.82) is 0 Å². The average Bonchev–Trinajstić information content (AvgIpc) is 2.77. The van der Waals surface area contributed by atoms with Gasteiger partial charge in [-0.15, -0.1) is 0 Å². The minimum absolute atomic E-state index is 0.0812. The van der Waals surface area contributed by atoms with E-state index in [0.717, 1.165) is 19.3 Å². The van der Waals surface area contributed by atoms with Gasteiger partial charge in [0.25, 0.3) is 5.91 Å². The maximum Gasteiger partial charge on any atom is 0.254 e. The van der Waals surface area contributed by atoms with Crippen LogP contribution in [0.25, 0.3) is 0 Å². The summed E-state index contributed by atoms with van der Waals surface area (Å²) in [5, 5.41) is 12.1. The van der Waals surface area contributed by atoms with E-state index in [1.54, 1.807) is 0 Å². The van der Waals surface area contributed by atoms with E-state index in [1.807, 2.05) is 0 Å². The normalized spacial score (nSPS) is 24.3. The van der Waals surface area contributed by atoms with Gasteiger partial charge in [0.05, 0.1) is 5.56 Å². The molecule has 5 nitrogen and oxygen atoms in total. The monoisotopic (exact) mass is 221 g/mol. The van der Waals surface area contributed by atoms with Gasteiger partial charge >= 0.3 is 0 Å². The summed E-state index contributed by atoms with van der Waals surface area (Å²) in [5.41, 5.74) is 0.464. The van der Waals surface area contributed by atoms with Crippen LogP contribution < -0.4 is 5.32 Å². The Morgan fingerprint density at radius 1 is 1.44 bits per heavy atom. The largest absolute Gasteiger partial charge is 0.396 e. The van der Waals surface area contributed by atoms with Crippen LogP contribution in [0.1, 0.15) is 29.6 Å². The highest BCUT2D eigenvalue weighted by atomic mass is 16.3. The number of carbonyl (C=O) groups is 1. The molecule has 0 aromatic carbocycles. The zero-order chi connectivity index (χ0) is 11.4. The van der Waals surface area contributed by atoms with Crippen LogP contribution in [0.2, 0.25) is 0 Å². The van der Waals surface area contributed by atoms with Gasteiger partial charge in [-0.1, -0.05) is 6.42 Å². The zero-order valence-corrected chi connectivity index (χ0v) is 8.97. The number of nitrogens with one attached hydrogen (secondary N) is 1. The zero-order valence-electron chi connectivity index (χ0n) is 8.97. The Labute approximate surface area is 93.9 Å². The Kier molecular flexibility index (Phi) is 3.46. The second-order valence-electron chi connectivity index (χ2n) is 4.08. The summed E-state index contributed by atoms with van der Waals surface area (Å²) in [5.74, 6) is 0.0273. The van der Waals surface area contributed by atoms with Crippen LogP contribution in [0.5, 0.6) is 0 Å². The predicted octanol–water partition coefficient (Wildman–Crippen LogP) is 0.367. The first-order valence-electron chi connectivity index (χ1n) is 5.48. The van der Waals surface area contributed by atoms with E-state index in [0.29, 0.717) is 5.56 Å². The van der Waals surface area contributed by atoms with E-state index in [2.05, 4.69) is 15.3 Å². The van der Waals surface area contributed by atoms with Gasteiger partial charge in [-0.25, -0.2) is 9.97 Å². The molecule has 0 spiro atoms. The van der Waals surface area contributed by atoms with Crippen molar-refractivity contribution in [2.45, 2.75) is 25.3 Å². The molecule has 1 aromatic heterocycles. The Morgan fingerprint density at radius 2 is 2.19 bits per heavy atom. The molecule has 0 bridgehead atoms. The van der Waals surface area contributed by atoms with Crippen LogP contribution in [0, 0.1) is 5.92 Å². The van der Waals surface area contributed by atoms with Gasteiger partial charge in [-0.2, -0.15) is 0 Å². The van der Waals surface area contributed by atoms with E-state index in [4.69, 9.17) is 5.11 Å². The maximum atomic E-state index is 11.8. The quantitative estimate of drug-likeness (QED) is 0.773. The van der Waals surface area contributed by atoms with Crippen LogP contribution in [0.15, 0.2) is 18.7 Å². The van der Waals surface area contributed by atoms with E-state index >= 15 is 0 Å². The molecule has 1 saturated carbocycles. The van der Waals surface area contributed by atoms with E-state index in [-0.39, 0.29) is 24.5 Å². The van der Waals surface area contributed by atoms with Gasteiger partial charge < -0.3 is 10.4 Å². The Morgan fingerprint density at radius 3 is 2.88 bits per heavy atom. The summed E-state index contributed by atoms with van der Waals surface area (Å²) in [6, 6.07) is 0.0812. The maximum absolute atomic E-state index is 11.8. The highest BCUT2D eigenvalue weighted by Gasteiger charge is 2.28. The van der Waals surface area contributed by atoms with Crippen LogP contribution in [-0.4, -0.2) is 33.6 Å². The van der Waals surface area contributed by atoms with Gasteiger partial charge in [0.2, 0.25) is 0 Å². The first-order chi connectivity index (χ1) is 7.81. The highest BCUT2D eigenvalue weighted by Crippen LogP contribution is 2.25. The first kappa shape index (κ1) is 11.0. The van der Waals surface area contributed by atoms with E-state index in [9.17, 15) is 4.79 Å². The molecule has 1 aromatic rings. The fraction of sp³-hybridized carbons (Fsp3) is 0.545. The third-order valence-corrected chi connectivity index (χ3v) is 3.03. The molecule has 2 unspecified atom stereocenters. The number of amides is 1. The van der Waals surface area contributed by atoms with Gasteiger partial charge in [0.15, 0.2) is 0 Å². The lowest BCUT2D eigenvalue weighted by atomic mass is 10.0. The molecule has 2 atom stereocenters. The number of hydrogen-bond acceptors (Lipinski definition) is 4. The summed E-state index contributed by atoms with van der Waals surface area (Å²) in [6.45, 7) is 0.135. The second-order valence-corrected chi connectivity index (χ2v) is 4.08. The topological polar surface area (TPSA) is 75.1 Å². The molecule has 5 heteroatoms. The fourth-order valence-corrected chi connectivity index (χ4v) is 2.11. The summed E-state index contributed by atoms with van der Waals surface area (Å²) in [4.78, 5) is 19.4. The number of aliphatic hydroxyl groups excluding tert-OH is 1. The lowest BCUT2D eigenvalue weighted by molar-refractivity contribution is 0.0915. The van der Waals surface area contributed by atoms with Crippen LogP contribution in [0.4, 0.5) is 0 Å². The van der Waals surface area contributed by atoms with Crippen molar-refractivity contribution in [1.82, 2.24) is 15.3 Å². The van der Waals surface area contributed by atoms with Crippen molar-refractivity contribution in [3.05, 3.63) is 24.3 Å². The number of nitrogens with zero attached hydrogens (tertiary/aromatic N) is 2. The Hall–Kier alpha value is -1.49. The first-order valence-corrected chi connectivity index (χ1v) is 5.48. The molecule has 2 N–H and O–H groups in total. The molecule has 1 aliphatic carbocycles. The molecule has 1 amide bonds. The van der Waals surface area contributed by atoms with E-state index in [1.165, 1.54) is 18.7 Å². The fourth-order valence-electron chi connectivity index (χ4n) is 2.11. The summed E-state index contributed by atoms with van der Waals surface area (Å²) >= 11 is 0. The second kappa shape index (κ2) is 5.03. The number of carbonyl (C=O) groups excluding carboxylic acids is 1. The number of rotatable bonds is 3. The molecule has 86 valence electrons. The molecule has 0 aliphatic heterocycles. The molecule has 0 saturated heterocycles. The molecule has 0 radical (unpaired) electrons. The van der Waals surface area contributed by atoms with Crippen molar-refractivity contribution in [2.24, 2.45) is 5.92 Å². The summed E-state index contributed by atoms with van der Waals surface area (Å²) < 4.78 is 0. The number of hydrogen-bond donors (Lipinski definition) is 2. The smallest absolute Gasteiger partial charge is 0.254 e. The number of aliphatic hydroxyl groups is 1. The molecular weight excluding hydrogens is 206 g/mol.